The number of aromatic nitrogens is 4. The largest absolute Gasteiger partial charge is 0.494 e. The van der Waals surface area contributed by atoms with Gasteiger partial charge in [0.2, 0.25) is 0 Å². The van der Waals surface area contributed by atoms with Gasteiger partial charge < -0.3 is 36.9 Å². The Balaban J connectivity index is 0.000000180. The smallest absolute Gasteiger partial charge is 0.399 e. The number of aryl methyl sites for hydroxylation is 4. The standard InChI is InChI=1S/C54H66B2N2O4.C42H42I2N2/c1-11-13-15-17-19-37-21-27-41(28-22-37)57-47-31-25-39(55-59-51(3,4)52(5,6)60-55)33-43(47)45-35-46-44-34-40(56-61-53(7,8)54(9,10)62-56)26-32-48(44)58(50(46)36-49(45)57)42-29-23-38(24-30-42)20-18-16-14-12-2;1-3-5-7-9-11-29-13-19-33(20-14-29)45-39-23-17-31(43)25-35(39)37-27-38-36-26-32(44)18-24-40(36)46(42(38)28-41(37)45)34-21-15-30(16-22-34)12-10-8-6-4-2/h21-36H,11-20H2,1-10H3;13-28H,3-12H2,1-2H3. The van der Waals surface area contributed by atoms with Gasteiger partial charge in [-0.15, -0.1) is 0 Å². The van der Waals surface area contributed by atoms with Crippen LogP contribution in [0.5, 0.6) is 0 Å². The van der Waals surface area contributed by atoms with Crippen molar-refractivity contribution in [2.24, 2.45) is 0 Å². The monoisotopic (exact) mass is 1660 g/mol. The van der Waals surface area contributed by atoms with Crippen LogP contribution in [0.2, 0.25) is 0 Å². The summed E-state index contributed by atoms with van der Waals surface area (Å²) >= 11 is 4.91. The normalized spacial score (nSPS) is 15.4. The Hall–Kier alpha value is -7.17. The minimum atomic E-state index is -0.461. The summed E-state index contributed by atoms with van der Waals surface area (Å²) in [6.07, 6.45) is 25.0. The van der Waals surface area contributed by atoms with Gasteiger partial charge in [0, 0.05) is 73.0 Å². The number of benzene rings is 10. The number of hydrogen-bond donors (Lipinski definition) is 0. The van der Waals surface area contributed by atoms with E-state index in [1.54, 1.807) is 0 Å². The maximum Gasteiger partial charge on any atom is 0.494 e. The number of fused-ring (bicyclic) bond motifs is 12. The zero-order valence-electron chi connectivity index (χ0n) is 65.9. The third-order valence-electron chi connectivity index (χ3n) is 24.4. The van der Waals surface area contributed by atoms with Gasteiger partial charge in [0.25, 0.3) is 0 Å². The molecule has 10 aromatic carbocycles. The van der Waals surface area contributed by atoms with E-state index in [-0.39, 0.29) is 0 Å². The summed E-state index contributed by atoms with van der Waals surface area (Å²) in [6.45, 7) is 26.1. The molecule has 8 nitrogen and oxygen atoms in total. The van der Waals surface area contributed by atoms with E-state index in [4.69, 9.17) is 18.6 Å². The number of rotatable bonds is 26. The second kappa shape index (κ2) is 31.9. The van der Waals surface area contributed by atoms with Crippen molar-refractivity contribution in [1.82, 2.24) is 18.3 Å². The molecule has 108 heavy (non-hydrogen) atoms. The van der Waals surface area contributed by atoms with E-state index in [9.17, 15) is 0 Å². The lowest BCUT2D eigenvalue weighted by molar-refractivity contribution is 0.00578. The van der Waals surface area contributed by atoms with Gasteiger partial charge in [-0.2, -0.15) is 0 Å². The SMILES string of the molecule is CCCCCCc1ccc(-n2c3ccc(B4OC(C)(C)C(C)(C)O4)cc3c3cc4c5cc(B6OC(C)(C)C(C)(C)O6)ccc5n(-c5ccc(CCCCCC)cc5)c4cc32)cc1.CCCCCCc1ccc(-n2c3ccc(I)cc3c3cc4c5cc(I)ccc5n(-c5ccc(CCCCCC)cc5)c4cc32)cc1. The summed E-state index contributed by atoms with van der Waals surface area (Å²) in [5.74, 6) is 0. The Morgan fingerprint density at radius 1 is 0.250 bits per heavy atom. The molecular formula is C96H108B2I2N4O4. The molecule has 4 aromatic heterocycles. The summed E-state index contributed by atoms with van der Waals surface area (Å²) in [5, 5.41) is 9.98. The van der Waals surface area contributed by atoms with Crippen LogP contribution < -0.4 is 10.9 Å². The summed E-state index contributed by atoms with van der Waals surface area (Å²) < 4.78 is 38.9. The highest BCUT2D eigenvalue weighted by atomic mass is 127. The lowest BCUT2D eigenvalue weighted by atomic mass is 9.78. The van der Waals surface area contributed by atoms with Crippen LogP contribution in [0.15, 0.2) is 194 Å². The molecule has 556 valence electrons. The zero-order chi connectivity index (χ0) is 75.2. The van der Waals surface area contributed by atoms with E-state index in [0.29, 0.717) is 0 Å². The van der Waals surface area contributed by atoms with Gasteiger partial charge in [0.15, 0.2) is 0 Å². The van der Waals surface area contributed by atoms with Crippen LogP contribution in [0.1, 0.15) is 208 Å². The first-order valence-electron chi connectivity index (χ1n) is 40.7. The van der Waals surface area contributed by atoms with Gasteiger partial charge in [-0.25, -0.2) is 0 Å². The van der Waals surface area contributed by atoms with Crippen LogP contribution in [0.4, 0.5) is 0 Å². The Labute approximate surface area is 669 Å². The molecule has 12 heteroatoms. The number of hydrogen-bond acceptors (Lipinski definition) is 4. The third-order valence-corrected chi connectivity index (χ3v) is 25.7. The first-order valence-corrected chi connectivity index (χ1v) is 42.8. The number of nitrogens with zero attached hydrogens (tertiary/aromatic N) is 4. The van der Waals surface area contributed by atoms with E-state index in [1.165, 1.54) is 209 Å². The average molecular weight is 1660 g/mol. The lowest BCUT2D eigenvalue weighted by Crippen LogP contribution is -2.41. The van der Waals surface area contributed by atoms with E-state index in [0.717, 1.165) is 70.1 Å². The Bertz CT molecular complexity index is 5200. The Morgan fingerprint density at radius 3 is 0.731 bits per heavy atom. The molecule has 0 unspecified atom stereocenters. The molecule has 0 bridgehead atoms. The molecule has 16 rings (SSSR count). The van der Waals surface area contributed by atoms with Gasteiger partial charge in [0.05, 0.1) is 66.5 Å². The first-order chi connectivity index (χ1) is 52.2. The maximum absolute atomic E-state index is 6.62. The second-order valence-electron chi connectivity index (χ2n) is 33.1. The summed E-state index contributed by atoms with van der Waals surface area (Å²) in [5.41, 5.74) is 20.4. The van der Waals surface area contributed by atoms with Crippen molar-refractivity contribution < 1.29 is 18.6 Å². The number of halogens is 2. The van der Waals surface area contributed by atoms with Crippen molar-refractivity contribution in [1.29, 1.82) is 0 Å². The topological polar surface area (TPSA) is 56.6 Å². The van der Waals surface area contributed by atoms with Crippen molar-refractivity contribution in [3.63, 3.8) is 0 Å². The van der Waals surface area contributed by atoms with Crippen molar-refractivity contribution in [3.8, 4) is 22.7 Å². The second-order valence-corrected chi connectivity index (χ2v) is 35.6. The van der Waals surface area contributed by atoms with E-state index in [1.807, 2.05) is 0 Å². The van der Waals surface area contributed by atoms with Gasteiger partial charge in [-0.3, -0.25) is 0 Å². The van der Waals surface area contributed by atoms with Crippen molar-refractivity contribution in [3.05, 3.63) is 224 Å². The Morgan fingerprint density at radius 2 is 0.481 bits per heavy atom. The molecule has 0 saturated carbocycles. The molecule has 2 aliphatic heterocycles. The van der Waals surface area contributed by atoms with Crippen LogP contribution in [0.25, 0.3) is 110 Å². The molecule has 0 spiro atoms. The highest BCUT2D eigenvalue weighted by Gasteiger charge is 2.53. The molecule has 6 heterocycles. The zero-order valence-corrected chi connectivity index (χ0v) is 70.3. The quantitative estimate of drug-likeness (QED) is 0.0308. The predicted molar refractivity (Wildman–Crippen MR) is 478 cm³/mol. The third kappa shape index (κ3) is 15.0. The predicted octanol–water partition coefficient (Wildman–Crippen LogP) is 26.1. The van der Waals surface area contributed by atoms with Crippen LogP contribution in [-0.4, -0.2) is 54.9 Å². The van der Waals surface area contributed by atoms with Gasteiger partial charge in [-0.05, 0) is 306 Å². The van der Waals surface area contributed by atoms with Gasteiger partial charge >= 0.3 is 14.2 Å². The van der Waals surface area contributed by atoms with Crippen molar-refractivity contribution in [2.75, 3.05) is 0 Å². The molecular weight excluding hydrogens is 1550 g/mol. The van der Waals surface area contributed by atoms with E-state index >= 15 is 0 Å². The first kappa shape index (κ1) is 76.2. The lowest BCUT2D eigenvalue weighted by Gasteiger charge is -2.32. The summed E-state index contributed by atoms with van der Waals surface area (Å²) in [6, 6.07) is 74.3. The van der Waals surface area contributed by atoms with Crippen molar-refractivity contribution >= 4 is 158 Å². The fourth-order valence-electron chi connectivity index (χ4n) is 16.7. The van der Waals surface area contributed by atoms with Crippen molar-refractivity contribution in [2.45, 2.75) is 234 Å². The highest BCUT2D eigenvalue weighted by molar-refractivity contribution is 14.1. The van der Waals surface area contributed by atoms with Gasteiger partial charge in [-0.1, -0.05) is 178 Å². The Kier molecular flexibility index (Phi) is 22.5. The van der Waals surface area contributed by atoms with Crippen LogP contribution in [0.3, 0.4) is 0 Å². The van der Waals surface area contributed by atoms with Crippen LogP contribution in [-0.2, 0) is 44.3 Å². The average Bonchev–Trinajstić information content (AvgIpc) is 1.56. The maximum atomic E-state index is 6.62. The molecule has 14 aromatic rings. The molecule has 0 atom stereocenters. The van der Waals surface area contributed by atoms with Gasteiger partial charge in [0.1, 0.15) is 0 Å². The molecule has 2 aliphatic rings. The summed E-state index contributed by atoms with van der Waals surface area (Å²) in [4.78, 5) is 0. The molecule has 0 radical (unpaired) electrons. The van der Waals surface area contributed by atoms with E-state index in [2.05, 4.69) is 341 Å². The fraction of sp³-hybridized carbons (Fsp3) is 0.375. The molecule has 0 N–H and O–H groups in total. The van der Waals surface area contributed by atoms with E-state index < -0.39 is 36.6 Å². The minimum Gasteiger partial charge on any atom is -0.399 e. The highest BCUT2D eigenvalue weighted by Crippen LogP contribution is 2.45. The molecule has 2 fully saturated rings. The van der Waals surface area contributed by atoms with Crippen LogP contribution >= 0.6 is 45.2 Å². The minimum absolute atomic E-state index is 0.435. The van der Waals surface area contributed by atoms with Crippen LogP contribution in [0, 0.1) is 7.14 Å². The summed E-state index contributed by atoms with van der Waals surface area (Å²) in [7, 11) is -0.921. The molecule has 0 amide bonds. The fourth-order valence-corrected chi connectivity index (χ4v) is 17.7. The molecule has 0 aliphatic carbocycles. The molecule has 2 saturated heterocycles. The number of unbranched alkanes of at least 4 members (excludes halogenated alkanes) is 12.